The highest BCUT2D eigenvalue weighted by atomic mass is 79.9. The third kappa shape index (κ3) is 2.78. The zero-order valence-corrected chi connectivity index (χ0v) is 13.9. The Bertz CT molecular complexity index is 584. The molecule has 0 spiro atoms. The summed E-state index contributed by atoms with van der Waals surface area (Å²) in [5, 5.41) is 0. The molecule has 2 unspecified atom stereocenters. The molecule has 1 saturated heterocycles. The number of carbonyl (C=O) groups excluding carboxylic acids is 2. The Labute approximate surface area is 133 Å². The number of nitrogens with zero attached hydrogens (tertiary/aromatic N) is 1. The summed E-state index contributed by atoms with van der Waals surface area (Å²) in [6.45, 7) is 2.77. The molecule has 0 aromatic heterocycles. The third-order valence-electron chi connectivity index (χ3n) is 4.78. The number of hydrogen-bond acceptors (Lipinski definition) is 2. The van der Waals surface area contributed by atoms with E-state index < -0.39 is 0 Å². The van der Waals surface area contributed by atoms with Gasteiger partial charge < -0.3 is 4.90 Å². The van der Waals surface area contributed by atoms with E-state index in [9.17, 15) is 9.59 Å². The predicted octanol–water partition coefficient (Wildman–Crippen LogP) is 3.73. The predicted molar refractivity (Wildman–Crippen MR) is 85.3 cm³/mol. The molecule has 1 aliphatic heterocycles. The topological polar surface area (TPSA) is 37.4 Å². The summed E-state index contributed by atoms with van der Waals surface area (Å²) in [5.74, 6) is 0.507. The van der Waals surface area contributed by atoms with E-state index in [4.69, 9.17) is 0 Å². The van der Waals surface area contributed by atoms with Gasteiger partial charge in [0.2, 0.25) is 0 Å². The first kappa shape index (κ1) is 14.8. The number of aryl methyl sites for hydroxylation is 1. The Morgan fingerprint density at radius 3 is 2.76 bits per heavy atom. The lowest BCUT2D eigenvalue weighted by Crippen LogP contribution is -2.41. The van der Waals surface area contributed by atoms with Crippen molar-refractivity contribution in [3.05, 3.63) is 33.8 Å². The Morgan fingerprint density at radius 1 is 1.29 bits per heavy atom. The maximum atomic E-state index is 12.8. The van der Waals surface area contributed by atoms with Crippen LogP contribution in [0.1, 0.15) is 48.0 Å². The van der Waals surface area contributed by atoms with Crippen molar-refractivity contribution >= 4 is 27.6 Å². The summed E-state index contributed by atoms with van der Waals surface area (Å²) in [6, 6.07) is 5.84. The fourth-order valence-corrected chi connectivity index (χ4v) is 3.90. The summed E-state index contributed by atoms with van der Waals surface area (Å²) >= 11 is 3.47. The van der Waals surface area contributed by atoms with E-state index in [-0.39, 0.29) is 17.9 Å². The van der Waals surface area contributed by atoms with Crippen molar-refractivity contribution in [3.8, 4) is 0 Å². The number of amides is 1. The molecule has 1 aliphatic carbocycles. The number of hydrogen-bond donors (Lipinski definition) is 0. The molecule has 2 fully saturated rings. The average molecular weight is 350 g/mol. The molecule has 21 heavy (non-hydrogen) atoms. The van der Waals surface area contributed by atoms with Gasteiger partial charge in [-0.2, -0.15) is 0 Å². The number of benzene rings is 1. The molecular weight excluding hydrogens is 330 g/mol. The number of rotatable bonds is 2. The van der Waals surface area contributed by atoms with Crippen molar-refractivity contribution in [1.82, 2.24) is 4.90 Å². The first-order valence-corrected chi connectivity index (χ1v) is 8.47. The smallest absolute Gasteiger partial charge is 0.254 e. The monoisotopic (exact) mass is 349 g/mol. The molecule has 0 radical (unpaired) electrons. The standard InChI is InChI=1S/C17H20BrNO2/c1-11-10-12(7-8-14(11)18)17(21)19-9-3-5-15(19)13-4-2-6-16(13)20/h7-8,10,13,15H,2-6,9H2,1H3. The molecule has 1 aromatic rings. The first-order chi connectivity index (χ1) is 10.1. The molecule has 2 atom stereocenters. The molecule has 0 bridgehead atoms. The van der Waals surface area contributed by atoms with Crippen LogP contribution >= 0.6 is 15.9 Å². The van der Waals surface area contributed by atoms with Gasteiger partial charge in [-0.3, -0.25) is 9.59 Å². The minimum absolute atomic E-state index is 0.0767. The number of likely N-dealkylation sites (tertiary alicyclic amines) is 1. The van der Waals surface area contributed by atoms with Gasteiger partial charge >= 0.3 is 0 Å². The largest absolute Gasteiger partial charge is 0.335 e. The second kappa shape index (κ2) is 5.91. The highest BCUT2D eigenvalue weighted by Gasteiger charge is 2.40. The Kier molecular flexibility index (Phi) is 4.16. The normalized spacial score (nSPS) is 25.6. The molecule has 2 aliphatic rings. The van der Waals surface area contributed by atoms with Crippen molar-refractivity contribution in [2.24, 2.45) is 5.92 Å². The first-order valence-electron chi connectivity index (χ1n) is 7.68. The van der Waals surface area contributed by atoms with Crippen molar-refractivity contribution in [1.29, 1.82) is 0 Å². The van der Waals surface area contributed by atoms with E-state index in [1.807, 2.05) is 30.0 Å². The maximum Gasteiger partial charge on any atom is 0.254 e. The van der Waals surface area contributed by atoms with Gasteiger partial charge in [0, 0.05) is 35.0 Å². The van der Waals surface area contributed by atoms with Crippen molar-refractivity contribution in [2.75, 3.05) is 6.54 Å². The molecule has 1 heterocycles. The molecule has 112 valence electrons. The Hall–Kier alpha value is -1.16. The molecule has 3 rings (SSSR count). The van der Waals surface area contributed by atoms with Gasteiger partial charge in [-0.15, -0.1) is 0 Å². The highest BCUT2D eigenvalue weighted by Crippen LogP contribution is 2.34. The number of carbonyl (C=O) groups is 2. The van der Waals surface area contributed by atoms with Crippen molar-refractivity contribution in [3.63, 3.8) is 0 Å². The van der Waals surface area contributed by atoms with Crippen LogP contribution in [0.5, 0.6) is 0 Å². The summed E-state index contributed by atoms with van der Waals surface area (Å²) < 4.78 is 1.02. The third-order valence-corrected chi connectivity index (χ3v) is 5.67. The van der Waals surface area contributed by atoms with Gasteiger partial charge in [-0.05, 0) is 56.4 Å². The second-order valence-electron chi connectivity index (χ2n) is 6.14. The molecule has 1 saturated carbocycles. The fraction of sp³-hybridized carbons (Fsp3) is 0.529. The van der Waals surface area contributed by atoms with Gasteiger partial charge in [0.25, 0.3) is 5.91 Å². The highest BCUT2D eigenvalue weighted by molar-refractivity contribution is 9.10. The van der Waals surface area contributed by atoms with Crippen LogP contribution in [0.2, 0.25) is 0 Å². The van der Waals surface area contributed by atoms with Gasteiger partial charge in [0.15, 0.2) is 0 Å². The van der Waals surface area contributed by atoms with Crippen molar-refractivity contribution < 1.29 is 9.59 Å². The summed E-state index contributed by atoms with van der Waals surface area (Å²) in [5.41, 5.74) is 1.79. The van der Waals surface area contributed by atoms with Crippen molar-refractivity contribution in [2.45, 2.75) is 45.1 Å². The fourth-order valence-electron chi connectivity index (χ4n) is 3.66. The Morgan fingerprint density at radius 2 is 2.10 bits per heavy atom. The van der Waals surface area contributed by atoms with Crippen LogP contribution in [-0.4, -0.2) is 29.2 Å². The van der Waals surface area contributed by atoms with E-state index in [0.717, 1.165) is 47.8 Å². The molecule has 0 N–H and O–H groups in total. The number of halogens is 1. The average Bonchev–Trinajstić information content (AvgIpc) is 3.09. The van der Waals surface area contributed by atoms with E-state index >= 15 is 0 Å². The summed E-state index contributed by atoms with van der Waals surface area (Å²) in [7, 11) is 0. The van der Waals surface area contributed by atoms with E-state index in [0.29, 0.717) is 12.2 Å². The Balaban J connectivity index is 1.82. The summed E-state index contributed by atoms with van der Waals surface area (Å²) in [6.07, 6.45) is 4.61. The van der Waals surface area contributed by atoms with Crippen LogP contribution in [-0.2, 0) is 4.79 Å². The zero-order chi connectivity index (χ0) is 15.0. The maximum absolute atomic E-state index is 12.8. The van der Waals surface area contributed by atoms with Crippen LogP contribution in [0.25, 0.3) is 0 Å². The van der Waals surface area contributed by atoms with Crippen LogP contribution in [0.3, 0.4) is 0 Å². The zero-order valence-electron chi connectivity index (χ0n) is 12.3. The number of ketones is 1. The minimum Gasteiger partial charge on any atom is -0.335 e. The van der Waals surface area contributed by atoms with Crippen LogP contribution in [0.15, 0.2) is 22.7 Å². The lowest BCUT2D eigenvalue weighted by Gasteiger charge is -2.28. The van der Waals surface area contributed by atoms with Gasteiger partial charge in [-0.1, -0.05) is 15.9 Å². The molecule has 1 aromatic carbocycles. The molecular formula is C17H20BrNO2. The minimum atomic E-state index is 0.0767. The van der Waals surface area contributed by atoms with E-state index in [1.165, 1.54) is 0 Å². The lowest BCUT2D eigenvalue weighted by atomic mass is 9.94. The van der Waals surface area contributed by atoms with Gasteiger partial charge in [0.1, 0.15) is 5.78 Å². The van der Waals surface area contributed by atoms with Crippen LogP contribution < -0.4 is 0 Å². The molecule has 3 nitrogen and oxygen atoms in total. The quantitative estimate of drug-likeness (QED) is 0.815. The lowest BCUT2D eigenvalue weighted by molar-refractivity contribution is -0.121. The molecule has 1 amide bonds. The SMILES string of the molecule is Cc1cc(C(=O)N2CCCC2C2CCCC2=O)ccc1Br. The summed E-state index contributed by atoms with van der Waals surface area (Å²) in [4.78, 5) is 26.7. The van der Waals surface area contributed by atoms with E-state index in [2.05, 4.69) is 15.9 Å². The number of Topliss-reactive ketones (excluding diaryl/α,β-unsaturated/α-hetero) is 1. The van der Waals surface area contributed by atoms with E-state index in [1.54, 1.807) is 0 Å². The second-order valence-corrected chi connectivity index (χ2v) is 6.99. The van der Waals surface area contributed by atoms with Crippen LogP contribution in [0.4, 0.5) is 0 Å². The molecule has 4 heteroatoms. The van der Waals surface area contributed by atoms with Gasteiger partial charge in [0.05, 0.1) is 0 Å². The van der Waals surface area contributed by atoms with Gasteiger partial charge in [-0.25, -0.2) is 0 Å². The van der Waals surface area contributed by atoms with Crippen LogP contribution in [0, 0.1) is 12.8 Å².